The van der Waals surface area contributed by atoms with Gasteiger partial charge in [0, 0.05) is 11.8 Å². The van der Waals surface area contributed by atoms with Gasteiger partial charge in [-0.15, -0.1) is 10.2 Å². The zero-order valence-electron chi connectivity index (χ0n) is 11.2. The zero-order chi connectivity index (χ0) is 13.0. The van der Waals surface area contributed by atoms with Crippen molar-refractivity contribution in [1.29, 1.82) is 0 Å². The molecule has 1 aromatic heterocycles. The fourth-order valence-electron chi connectivity index (χ4n) is 2.56. The fraction of sp³-hybridized carbons (Fsp3) is 0.846. The SMILES string of the molecule is CC(C)n1cnnc1SC[C@@H](O)CC1CCCC1. The third-order valence-electron chi connectivity index (χ3n) is 3.58. The Morgan fingerprint density at radius 1 is 1.44 bits per heavy atom. The second-order valence-corrected chi connectivity index (χ2v) is 6.45. The molecule has 1 aliphatic rings. The van der Waals surface area contributed by atoms with Crippen LogP contribution in [0.25, 0.3) is 0 Å². The van der Waals surface area contributed by atoms with Crippen LogP contribution in [0.5, 0.6) is 0 Å². The molecule has 1 saturated carbocycles. The Morgan fingerprint density at radius 2 is 2.17 bits per heavy atom. The quantitative estimate of drug-likeness (QED) is 0.807. The molecule has 4 nitrogen and oxygen atoms in total. The smallest absolute Gasteiger partial charge is 0.191 e. The number of rotatable bonds is 6. The molecule has 0 radical (unpaired) electrons. The molecule has 2 rings (SSSR count). The number of aliphatic hydroxyl groups excluding tert-OH is 1. The van der Waals surface area contributed by atoms with Gasteiger partial charge in [-0.1, -0.05) is 37.4 Å². The lowest BCUT2D eigenvalue weighted by Crippen LogP contribution is -2.15. The molecule has 1 heterocycles. The first-order valence-electron chi connectivity index (χ1n) is 6.87. The summed E-state index contributed by atoms with van der Waals surface area (Å²) in [6.45, 7) is 4.23. The summed E-state index contributed by atoms with van der Waals surface area (Å²) < 4.78 is 2.05. The van der Waals surface area contributed by atoms with Crippen LogP contribution in [0, 0.1) is 5.92 Å². The van der Waals surface area contributed by atoms with Crippen molar-refractivity contribution in [2.45, 2.75) is 63.3 Å². The molecule has 1 aromatic rings. The lowest BCUT2D eigenvalue weighted by atomic mass is 10.0. The average molecular weight is 269 g/mol. The molecule has 1 atom stereocenters. The summed E-state index contributed by atoms with van der Waals surface area (Å²) >= 11 is 1.61. The summed E-state index contributed by atoms with van der Waals surface area (Å²) in [7, 11) is 0. The van der Waals surface area contributed by atoms with Crippen LogP contribution in [0.4, 0.5) is 0 Å². The van der Waals surface area contributed by atoms with Gasteiger partial charge in [-0.2, -0.15) is 0 Å². The highest BCUT2D eigenvalue weighted by Crippen LogP contribution is 2.30. The Hall–Kier alpha value is -0.550. The van der Waals surface area contributed by atoms with Gasteiger partial charge >= 0.3 is 0 Å². The normalized spacial score (nSPS) is 18.7. The second kappa shape index (κ2) is 6.57. The third-order valence-corrected chi connectivity index (χ3v) is 4.68. The largest absolute Gasteiger partial charge is 0.392 e. The van der Waals surface area contributed by atoms with E-state index >= 15 is 0 Å². The number of aliphatic hydroxyl groups is 1. The zero-order valence-corrected chi connectivity index (χ0v) is 12.1. The minimum absolute atomic E-state index is 0.213. The lowest BCUT2D eigenvalue weighted by molar-refractivity contribution is 0.165. The molecule has 102 valence electrons. The maximum absolute atomic E-state index is 10.1. The van der Waals surface area contributed by atoms with Crippen molar-refractivity contribution in [2.24, 2.45) is 5.92 Å². The van der Waals surface area contributed by atoms with Gasteiger partial charge in [-0.3, -0.25) is 0 Å². The molecule has 0 spiro atoms. The Morgan fingerprint density at radius 3 is 2.83 bits per heavy atom. The summed E-state index contributed by atoms with van der Waals surface area (Å²) in [4.78, 5) is 0. The van der Waals surface area contributed by atoms with Gasteiger partial charge in [-0.05, 0) is 26.2 Å². The molecule has 0 amide bonds. The number of hydrogen-bond donors (Lipinski definition) is 1. The molecule has 0 bridgehead atoms. The molecule has 1 fully saturated rings. The van der Waals surface area contributed by atoms with Crippen molar-refractivity contribution >= 4 is 11.8 Å². The van der Waals surface area contributed by atoms with Crippen LogP contribution in [-0.4, -0.2) is 31.7 Å². The highest BCUT2D eigenvalue weighted by molar-refractivity contribution is 7.99. The van der Waals surface area contributed by atoms with Crippen molar-refractivity contribution in [3.05, 3.63) is 6.33 Å². The molecule has 1 N–H and O–H groups in total. The van der Waals surface area contributed by atoms with E-state index in [-0.39, 0.29) is 6.10 Å². The van der Waals surface area contributed by atoms with Crippen molar-refractivity contribution in [2.75, 3.05) is 5.75 Å². The lowest BCUT2D eigenvalue weighted by Gasteiger charge is -2.15. The summed E-state index contributed by atoms with van der Waals surface area (Å²) in [5.41, 5.74) is 0. The monoisotopic (exact) mass is 269 g/mol. The minimum atomic E-state index is -0.213. The van der Waals surface area contributed by atoms with Gasteiger partial charge in [0.1, 0.15) is 6.33 Å². The van der Waals surface area contributed by atoms with Crippen LogP contribution in [0.15, 0.2) is 11.5 Å². The van der Waals surface area contributed by atoms with Gasteiger partial charge in [0.2, 0.25) is 0 Å². The van der Waals surface area contributed by atoms with Crippen LogP contribution < -0.4 is 0 Å². The van der Waals surface area contributed by atoms with Crippen molar-refractivity contribution < 1.29 is 5.11 Å². The van der Waals surface area contributed by atoms with Gasteiger partial charge in [0.15, 0.2) is 5.16 Å². The molecule has 18 heavy (non-hydrogen) atoms. The molecular formula is C13H23N3OS. The first-order valence-corrected chi connectivity index (χ1v) is 7.85. The predicted octanol–water partition coefficient (Wildman–Crippen LogP) is 2.89. The Labute approximate surface area is 113 Å². The number of hydrogen-bond acceptors (Lipinski definition) is 4. The molecule has 0 saturated heterocycles. The fourth-order valence-corrected chi connectivity index (χ4v) is 3.55. The van der Waals surface area contributed by atoms with E-state index in [1.54, 1.807) is 18.1 Å². The summed E-state index contributed by atoms with van der Waals surface area (Å²) in [6.07, 6.45) is 7.76. The average Bonchev–Trinajstić information content (AvgIpc) is 2.96. The van der Waals surface area contributed by atoms with Crippen molar-refractivity contribution in [1.82, 2.24) is 14.8 Å². The van der Waals surface area contributed by atoms with Crippen molar-refractivity contribution in [3.63, 3.8) is 0 Å². The highest BCUT2D eigenvalue weighted by atomic mass is 32.2. The van der Waals surface area contributed by atoms with Crippen LogP contribution in [0.2, 0.25) is 0 Å². The van der Waals surface area contributed by atoms with E-state index in [9.17, 15) is 5.11 Å². The number of nitrogens with zero attached hydrogens (tertiary/aromatic N) is 3. The van der Waals surface area contributed by atoms with Crippen LogP contribution >= 0.6 is 11.8 Å². The van der Waals surface area contributed by atoms with E-state index in [2.05, 4.69) is 24.0 Å². The van der Waals surface area contributed by atoms with E-state index in [0.29, 0.717) is 6.04 Å². The van der Waals surface area contributed by atoms with Crippen LogP contribution in [-0.2, 0) is 0 Å². The van der Waals surface area contributed by atoms with E-state index in [1.165, 1.54) is 25.7 Å². The minimum Gasteiger partial charge on any atom is -0.392 e. The number of thioether (sulfide) groups is 1. The third kappa shape index (κ3) is 3.72. The van der Waals surface area contributed by atoms with Gasteiger partial charge in [0.05, 0.1) is 6.10 Å². The van der Waals surface area contributed by atoms with Crippen molar-refractivity contribution in [3.8, 4) is 0 Å². The van der Waals surface area contributed by atoms with Crippen LogP contribution in [0.3, 0.4) is 0 Å². The summed E-state index contributed by atoms with van der Waals surface area (Å²) in [5.74, 6) is 1.46. The van der Waals surface area contributed by atoms with E-state index in [0.717, 1.165) is 23.2 Å². The van der Waals surface area contributed by atoms with Gasteiger partial charge < -0.3 is 9.67 Å². The summed E-state index contributed by atoms with van der Waals surface area (Å²) in [5, 5.41) is 19.0. The molecule has 0 unspecified atom stereocenters. The molecule has 1 aliphatic carbocycles. The maximum atomic E-state index is 10.1. The number of aromatic nitrogens is 3. The maximum Gasteiger partial charge on any atom is 0.191 e. The first kappa shape index (κ1) is 13.9. The molecule has 5 heteroatoms. The standard InChI is InChI=1S/C13H23N3OS/c1-10(2)16-9-14-15-13(16)18-8-12(17)7-11-5-3-4-6-11/h9-12,17H,3-8H2,1-2H3/t12-/m0/s1. The Kier molecular flexibility index (Phi) is 5.06. The van der Waals surface area contributed by atoms with E-state index in [4.69, 9.17) is 0 Å². The highest BCUT2D eigenvalue weighted by Gasteiger charge is 2.19. The molecule has 0 aromatic carbocycles. The topological polar surface area (TPSA) is 50.9 Å². The van der Waals surface area contributed by atoms with E-state index < -0.39 is 0 Å². The Balaban J connectivity index is 1.77. The molecular weight excluding hydrogens is 246 g/mol. The second-order valence-electron chi connectivity index (χ2n) is 5.47. The predicted molar refractivity (Wildman–Crippen MR) is 73.7 cm³/mol. The Bertz CT molecular complexity index is 361. The first-order chi connectivity index (χ1) is 8.66. The molecule has 0 aliphatic heterocycles. The van der Waals surface area contributed by atoms with Crippen LogP contribution in [0.1, 0.15) is 52.0 Å². The van der Waals surface area contributed by atoms with Gasteiger partial charge in [0.25, 0.3) is 0 Å². The van der Waals surface area contributed by atoms with E-state index in [1.807, 2.05) is 4.57 Å². The van der Waals surface area contributed by atoms with Gasteiger partial charge in [-0.25, -0.2) is 0 Å². The summed E-state index contributed by atoms with van der Waals surface area (Å²) in [6, 6.07) is 0.370.